The van der Waals surface area contributed by atoms with Crippen LogP contribution in [0.2, 0.25) is 5.02 Å². The van der Waals surface area contributed by atoms with Crippen molar-refractivity contribution in [2.75, 3.05) is 5.32 Å². The van der Waals surface area contributed by atoms with Gasteiger partial charge in [-0.25, -0.2) is 0 Å². The van der Waals surface area contributed by atoms with Crippen molar-refractivity contribution >= 4 is 34.2 Å². The summed E-state index contributed by atoms with van der Waals surface area (Å²) in [5.74, 6) is -0.0593. The number of rotatable bonds is 7. The summed E-state index contributed by atoms with van der Waals surface area (Å²) >= 11 is 6.45. The Balaban J connectivity index is 1.32. The van der Waals surface area contributed by atoms with Crippen LogP contribution < -0.4 is 10.9 Å². The van der Waals surface area contributed by atoms with Gasteiger partial charge in [-0.15, -0.1) is 0 Å². The zero-order valence-corrected chi connectivity index (χ0v) is 22.5. The Morgan fingerprint density at radius 2 is 1.38 bits per heavy atom. The summed E-state index contributed by atoms with van der Waals surface area (Å²) in [5.41, 5.74) is 7.77. The second kappa shape index (κ2) is 11.1. The molecule has 5 aromatic carbocycles. The van der Waals surface area contributed by atoms with Crippen molar-refractivity contribution in [1.82, 2.24) is 9.13 Å². The minimum atomic E-state index is -0.0593. The maximum absolute atomic E-state index is 12.8. The highest BCUT2D eigenvalue weighted by Gasteiger charge is 2.14. The molecule has 0 spiro atoms. The molecule has 196 valence electrons. The molecule has 2 N–H and O–H groups in total. The van der Waals surface area contributed by atoms with Gasteiger partial charge in [-0.2, -0.15) is 0 Å². The molecule has 0 aliphatic carbocycles. The lowest BCUT2D eigenvalue weighted by molar-refractivity contribution is -0.115. The van der Waals surface area contributed by atoms with Crippen LogP contribution in [0.3, 0.4) is 0 Å². The van der Waals surface area contributed by atoms with E-state index in [0.717, 1.165) is 44.7 Å². The van der Waals surface area contributed by atoms with Crippen molar-refractivity contribution in [2.45, 2.75) is 13.0 Å². The summed E-state index contributed by atoms with van der Waals surface area (Å²) in [6.45, 7) is 0.500. The van der Waals surface area contributed by atoms with E-state index < -0.39 is 0 Å². The molecule has 6 heteroatoms. The van der Waals surface area contributed by atoms with Gasteiger partial charge in [0.2, 0.25) is 11.5 Å². The second-order valence-electron chi connectivity index (χ2n) is 9.63. The Labute approximate surface area is 237 Å². The second-order valence-corrected chi connectivity index (χ2v) is 10.0. The molecule has 0 atom stereocenters. The van der Waals surface area contributed by atoms with E-state index in [-0.39, 0.29) is 5.91 Å². The molecule has 6 aromatic rings. The molecule has 1 heterocycles. The first-order valence-electron chi connectivity index (χ1n) is 13.1. The Kier molecular flexibility index (Phi) is 7.04. The predicted molar refractivity (Wildman–Crippen MR) is 162 cm³/mol. The highest BCUT2D eigenvalue weighted by Crippen LogP contribution is 2.29. The zero-order chi connectivity index (χ0) is 27.5. The first-order valence-corrected chi connectivity index (χ1v) is 13.5. The van der Waals surface area contributed by atoms with Crippen molar-refractivity contribution in [3.05, 3.63) is 149 Å². The monoisotopic (exact) mass is 542 g/mol. The summed E-state index contributed by atoms with van der Waals surface area (Å²) in [7, 11) is 0. The number of benzene rings is 5. The van der Waals surface area contributed by atoms with E-state index in [9.17, 15) is 4.79 Å². The third-order valence-electron chi connectivity index (χ3n) is 7.01. The number of fused-ring (bicyclic) bond motifs is 1. The summed E-state index contributed by atoms with van der Waals surface area (Å²) in [5, 5.41) is 12.9. The standard InChI is InChI=1S/C34H27ClN4O/c35-29-14-6-4-12-26(29)23-38-31-16-8-9-17-32(31)39(34(38)36)27-20-18-25(19-21-27)28-13-5-7-15-30(28)37-33(40)22-24-10-2-1-3-11-24/h1-21,36H,22-23H2,(H,37,40). The lowest BCUT2D eigenvalue weighted by Crippen LogP contribution is -2.24. The first-order chi connectivity index (χ1) is 19.6. The van der Waals surface area contributed by atoms with Gasteiger partial charge in [-0.3, -0.25) is 14.8 Å². The topological polar surface area (TPSA) is 62.8 Å². The Morgan fingerprint density at radius 3 is 2.15 bits per heavy atom. The number of para-hydroxylation sites is 3. The highest BCUT2D eigenvalue weighted by atomic mass is 35.5. The molecule has 0 saturated heterocycles. The van der Waals surface area contributed by atoms with Crippen LogP contribution in [0.5, 0.6) is 0 Å². The molecule has 0 aliphatic rings. The van der Waals surface area contributed by atoms with Crippen LogP contribution in [0.4, 0.5) is 5.69 Å². The molecular weight excluding hydrogens is 516 g/mol. The number of hydrogen-bond acceptors (Lipinski definition) is 2. The molecule has 0 fully saturated rings. The molecule has 5 nitrogen and oxygen atoms in total. The van der Waals surface area contributed by atoms with Gasteiger partial charge >= 0.3 is 0 Å². The number of carbonyl (C=O) groups excluding carboxylic acids is 1. The average Bonchev–Trinajstić information content (AvgIpc) is 3.26. The molecule has 1 aromatic heterocycles. The van der Waals surface area contributed by atoms with Crippen molar-refractivity contribution in [3.63, 3.8) is 0 Å². The van der Waals surface area contributed by atoms with Gasteiger partial charge in [0.25, 0.3) is 0 Å². The van der Waals surface area contributed by atoms with Gasteiger partial charge in [-0.05, 0) is 53.1 Å². The van der Waals surface area contributed by atoms with Crippen LogP contribution in [0, 0.1) is 5.41 Å². The number of imidazole rings is 1. The summed E-state index contributed by atoms with van der Waals surface area (Å²) in [4.78, 5) is 12.8. The Hall–Kier alpha value is -4.87. The Bertz CT molecular complexity index is 1870. The minimum Gasteiger partial charge on any atom is -0.325 e. The highest BCUT2D eigenvalue weighted by molar-refractivity contribution is 6.31. The summed E-state index contributed by atoms with van der Waals surface area (Å²) in [6.07, 6.45) is 0.315. The number of hydrogen-bond donors (Lipinski definition) is 2. The van der Waals surface area contributed by atoms with Crippen molar-refractivity contribution < 1.29 is 4.79 Å². The minimum absolute atomic E-state index is 0.0593. The number of halogens is 1. The van der Waals surface area contributed by atoms with Crippen molar-refractivity contribution in [2.24, 2.45) is 0 Å². The molecule has 1 amide bonds. The number of nitrogens with one attached hydrogen (secondary N) is 2. The molecule has 0 aliphatic heterocycles. The number of amides is 1. The molecule has 0 unspecified atom stereocenters. The fraction of sp³-hybridized carbons (Fsp3) is 0.0588. The molecular formula is C34H27ClN4O. The third-order valence-corrected chi connectivity index (χ3v) is 7.38. The molecule has 6 rings (SSSR count). The van der Waals surface area contributed by atoms with Gasteiger partial charge < -0.3 is 9.88 Å². The number of aromatic nitrogens is 2. The van der Waals surface area contributed by atoms with Crippen molar-refractivity contribution in [3.8, 4) is 16.8 Å². The maximum atomic E-state index is 12.8. The van der Waals surface area contributed by atoms with Gasteiger partial charge in [0, 0.05) is 22.0 Å². The first kappa shape index (κ1) is 25.4. The Morgan fingerprint density at radius 1 is 0.725 bits per heavy atom. The normalized spacial score (nSPS) is 11.0. The van der Waals surface area contributed by atoms with Gasteiger partial charge in [0.05, 0.1) is 24.0 Å². The van der Waals surface area contributed by atoms with E-state index in [1.807, 2.05) is 137 Å². The number of anilines is 1. The van der Waals surface area contributed by atoms with E-state index in [4.69, 9.17) is 17.0 Å². The SMILES string of the molecule is N=c1n(Cc2ccccc2Cl)c2ccccc2n1-c1ccc(-c2ccccc2NC(=O)Cc2ccccc2)cc1. The van der Waals surface area contributed by atoms with Gasteiger partial charge in [0.1, 0.15) is 0 Å². The number of carbonyl (C=O) groups is 1. The lowest BCUT2D eigenvalue weighted by Gasteiger charge is -2.12. The fourth-order valence-electron chi connectivity index (χ4n) is 5.06. The third kappa shape index (κ3) is 5.07. The smallest absolute Gasteiger partial charge is 0.228 e. The molecule has 0 bridgehead atoms. The van der Waals surface area contributed by atoms with E-state index >= 15 is 0 Å². The van der Waals surface area contributed by atoms with Gasteiger partial charge in [0.15, 0.2) is 0 Å². The summed E-state index contributed by atoms with van der Waals surface area (Å²) < 4.78 is 3.92. The van der Waals surface area contributed by atoms with E-state index in [1.54, 1.807) is 0 Å². The van der Waals surface area contributed by atoms with Crippen LogP contribution in [-0.4, -0.2) is 15.0 Å². The van der Waals surface area contributed by atoms with Gasteiger partial charge in [-0.1, -0.05) is 103 Å². The van der Waals surface area contributed by atoms with Crippen LogP contribution >= 0.6 is 11.6 Å². The molecule has 0 radical (unpaired) electrons. The fourth-order valence-corrected chi connectivity index (χ4v) is 5.25. The van der Waals surface area contributed by atoms with Crippen LogP contribution in [0.15, 0.2) is 127 Å². The van der Waals surface area contributed by atoms with Crippen LogP contribution in [0.25, 0.3) is 27.8 Å². The van der Waals surface area contributed by atoms with E-state index in [2.05, 4.69) is 5.32 Å². The predicted octanol–water partition coefficient (Wildman–Crippen LogP) is 7.46. The zero-order valence-electron chi connectivity index (χ0n) is 21.7. The van der Waals surface area contributed by atoms with Crippen LogP contribution in [-0.2, 0) is 17.8 Å². The molecule has 40 heavy (non-hydrogen) atoms. The number of nitrogens with zero attached hydrogens (tertiary/aromatic N) is 2. The summed E-state index contributed by atoms with van der Waals surface area (Å²) in [6, 6.07) is 41.4. The van der Waals surface area contributed by atoms with Crippen molar-refractivity contribution in [1.29, 1.82) is 5.41 Å². The van der Waals surface area contributed by atoms with E-state index in [1.165, 1.54) is 0 Å². The van der Waals surface area contributed by atoms with Crippen LogP contribution in [0.1, 0.15) is 11.1 Å². The maximum Gasteiger partial charge on any atom is 0.228 e. The lowest BCUT2D eigenvalue weighted by atomic mass is 10.0. The molecule has 0 saturated carbocycles. The average molecular weight is 543 g/mol. The largest absolute Gasteiger partial charge is 0.325 e. The quantitative estimate of drug-likeness (QED) is 0.216. The van der Waals surface area contributed by atoms with E-state index in [0.29, 0.717) is 23.6 Å².